The molecule has 3 heteroatoms. The van der Waals surface area contributed by atoms with Crippen LogP contribution in [-0.4, -0.2) is 37.1 Å². The van der Waals surface area contributed by atoms with Gasteiger partial charge in [0.05, 0.1) is 11.5 Å². The second-order valence-corrected chi connectivity index (χ2v) is 5.10. The first-order valence-corrected chi connectivity index (χ1v) is 5.29. The molecule has 80 valence electrons. The fourth-order valence-corrected chi connectivity index (χ4v) is 1.78. The van der Waals surface area contributed by atoms with E-state index in [-0.39, 0.29) is 5.41 Å². The summed E-state index contributed by atoms with van der Waals surface area (Å²) in [5, 5.41) is 12.3. The summed E-state index contributed by atoms with van der Waals surface area (Å²) in [5.41, 5.74) is -0.246. The molecule has 1 saturated heterocycles. The largest absolute Gasteiger partial charge is 0.311 e. The molecular formula is C11H21N3. The minimum Gasteiger partial charge on any atom is -0.311 e. The molecule has 1 fully saturated rings. The SMILES string of the molecule is CC1CC(NCC(C)(C)C#N)CN1C. The van der Waals surface area contributed by atoms with E-state index < -0.39 is 0 Å². The first kappa shape index (κ1) is 11.5. The number of nitrogens with zero attached hydrogens (tertiary/aromatic N) is 2. The lowest BCUT2D eigenvalue weighted by molar-refractivity contribution is 0.324. The normalized spacial score (nSPS) is 29.1. The van der Waals surface area contributed by atoms with Gasteiger partial charge in [0.15, 0.2) is 0 Å². The van der Waals surface area contributed by atoms with Crippen LogP contribution in [-0.2, 0) is 0 Å². The summed E-state index contributed by atoms with van der Waals surface area (Å²) in [6.07, 6.45) is 1.19. The van der Waals surface area contributed by atoms with Crippen LogP contribution in [0.1, 0.15) is 27.2 Å². The molecule has 0 aliphatic carbocycles. The van der Waals surface area contributed by atoms with Crippen molar-refractivity contribution >= 4 is 0 Å². The van der Waals surface area contributed by atoms with E-state index in [0.29, 0.717) is 12.1 Å². The molecule has 0 spiro atoms. The van der Waals surface area contributed by atoms with Crippen LogP contribution in [0.5, 0.6) is 0 Å². The van der Waals surface area contributed by atoms with E-state index in [2.05, 4.69) is 30.3 Å². The van der Waals surface area contributed by atoms with Gasteiger partial charge in [0, 0.05) is 25.2 Å². The molecule has 0 saturated carbocycles. The molecule has 0 aromatic rings. The van der Waals surface area contributed by atoms with E-state index in [1.54, 1.807) is 0 Å². The van der Waals surface area contributed by atoms with Gasteiger partial charge in [-0.3, -0.25) is 0 Å². The average molecular weight is 195 g/mol. The predicted molar refractivity (Wildman–Crippen MR) is 57.9 cm³/mol. The van der Waals surface area contributed by atoms with Crippen LogP contribution in [0.2, 0.25) is 0 Å². The molecule has 0 aromatic carbocycles. The molecule has 1 N–H and O–H groups in total. The zero-order valence-corrected chi connectivity index (χ0v) is 9.67. The van der Waals surface area contributed by atoms with E-state index in [4.69, 9.17) is 5.26 Å². The van der Waals surface area contributed by atoms with Crippen LogP contribution in [0, 0.1) is 16.7 Å². The first-order chi connectivity index (χ1) is 6.44. The standard InChI is InChI=1S/C11H21N3/c1-9-5-10(6-14(9)4)13-8-11(2,3)7-12/h9-10,13H,5-6,8H2,1-4H3. The van der Waals surface area contributed by atoms with Gasteiger partial charge in [-0.2, -0.15) is 5.26 Å². The molecule has 2 atom stereocenters. The Hall–Kier alpha value is -0.590. The molecule has 1 rings (SSSR count). The minimum atomic E-state index is -0.246. The van der Waals surface area contributed by atoms with E-state index in [0.717, 1.165) is 13.1 Å². The Morgan fingerprint density at radius 1 is 1.57 bits per heavy atom. The second kappa shape index (κ2) is 4.29. The number of nitriles is 1. The van der Waals surface area contributed by atoms with Crippen molar-refractivity contribution in [2.24, 2.45) is 5.41 Å². The van der Waals surface area contributed by atoms with E-state index >= 15 is 0 Å². The maximum Gasteiger partial charge on any atom is 0.0697 e. The molecule has 1 aliphatic rings. The molecule has 14 heavy (non-hydrogen) atoms. The van der Waals surface area contributed by atoms with Crippen molar-refractivity contribution in [3.63, 3.8) is 0 Å². The third-order valence-electron chi connectivity index (χ3n) is 3.02. The van der Waals surface area contributed by atoms with Gasteiger partial charge in [-0.15, -0.1) is 0 Å². The number of likely N-dealkylation sites (tertiary alicyclic amines) is 1. The Balaban J connectivity index is 2.31. The fraction of sp³-hybridized carbons (Fsp3) is 0.909. The van der Waals surface area contributed by atoms with Gasteiger partial charge >= 0.3 is 0 Å². The van der Waals surface area contributed by atoms with Crippen LogP contribution in [0.15, 0.2) is 0 Å². The smallest absolute Gasteiger partial charge is 0.0697 e. The van der Waals surface area contributed by atoms with Gasteiger partial charge in [-0.1, -0.05) is 0 Å². The van der Waals surface area contributed by atoms with Crippen LogP contribution in [0.25, 0.3) is 0 Å². The number of nitrogens with one attached hydrogen (secondary N) is 1. The van der Waals surface area contributed by atoms with Crippen molar-refractivity contribution < 1.29 is 0 Å². The number of rotatable bonds is 3. The summed E-state index contributed by atoms with van der Waals surface area (Å²) < 4.78 is 0. The van der Waals surface area contributed by atoms with Crippen molar-refractivity contribution in [1.29, 1.82) is 5.26 Å². The Bertz CT molecular complexity index is 219. The molecule has 3 nitrogen and oxygen atoms in total. The summed E-state index contributed by atoms with van der Waals surface area (Å²) in [7, 11) is 2.15. The van der Waals surface area contributed by atoms with Gasteiger partial charge in [-0.05, 0) is 34.2 Å². The molecule has 0 radical (unpaired) electrons. The Labute approximate surface area is 87.1 Å². The van der Waals surface area contributed by atoms with Crippen LogP contribution in [0.3, 0.4) is 0 Å². The van der Waals surface area contributed by atoms with Gasteiger partial charge in [-0.25, -0.2) is 0 Å². The number of hydrogen-bond acceptors (Lipinski definition) is 3. The Kier molecular flexibility index (Phi) is 3.52. The quantitative estimate of drug-likeness (QED) is 0.736. The zero-order valence-electron chi connectivity index (χ0n) is 9.67. The second-order valence-electron chi connectivity index (χ2n) is 5.10. The maximum atomic E-state index is 8.87. The van der Waals surface area contributed by atoms with Gasteiger partial charge in [0.1, 0.15) is 0 Å². The minimum absolute atomic E-state index is 0.246. The molecule has 2 unspecified atom stereocenters. The molecular weight excluding hydrogens is 174 g/mol. The number of likely N-dealkylation sites (N-methyl/N-ethyl adjacent to an activating group) is 1. The monoisotopic (exact) mass is 195 g/mol. The van der Waals surface area contributed by atoms with E-state index in [1.165, 1.54) is 6.42 Å². The summed E-state index contributed by atoms with van der Waals surface area (Å²) in [6.45, 7) is 8.08. The summed E-state index contributed by atoms with van der Waals surface area (Å²) in [6, 6.07) is 3.53. The third-order valence-corrected chi connectivity index (χ3v) is 3.02. The van der Waals surface area contributed by atoms with Crippen molar-refractivity contribution in [2.75, 3.05) is 20.1 Å². The Morgan fingerprint density at radius 3 is 2.64 bits per heavy atom. The highest BCUT2D eigenvalue weighted by atomic mass is 15.2. The highest BCUT2D eigenvalue weighted by Gasteiger charge is 2.27. The topological polar surface area (TPSA) is 39.1 Å². The van der Waals surface area contributed by atoms with Gasteiger partial charge in [0.2, 0.25) is 0 Å². The molecule has 0 bridgehead atoms. The van der Waals surface area contributed by atoms with Crippen molar-refractivity contribution in [1.82, 2.24) is 10.2 Å². The van der Waals surface area contributed by atoms with Gasteiger partial charge in [0.25, 0.3) is 0 Å². The summed E-state index contributed by atoms with van der Waals surface area (Å²) in [4.78, 5) is 2.36. The molecule has 0 aromatic heterocycles. The molecule has 1 aliphatic heterocycles. The van der Waals surface area contributed by atoms with Crippen molar-refractivity contribution in [3.8, 4) is 6.07 Å². The molecule has 1 heterocycles. The van der Waals surface area contributed by atoms with Gasteiger partial charge < -0.3 is 10.2 Å². The maximum absolute atomic E-state index is 8.87. The van der Waals surface area contributed by atoms with E-state index in [1.807, 2.05) is 13.8 Å². The van der Waals surface area contributed by atoms with Crippen LogP contribution in [0.4, 0.5) is 0 Å². The summed E-state index contributed by atoms with van der Waals surface area (Å²) in [5.74, 6) is 0. The lowest BCUT2D eigenvalue weighted by Crippen LogP contribution is -2.37. The highest BCUT2D eigenvalue weighted by Crippen LogP contribution is 2.17. The van der Waals surface area contributed by atoms with Crippen LogP contribution < -0.4 is 5.32 Å². The predicted octanol–water partition coefficient (Wildman–Crippen LogP) is 1.22. The third kappa shape index (κ3) is 2.97. The van der Waals surface area contributed by atoms with E-state index in [9.17, 15) is 0 Å². The highest BCUT2D eigenvalue weighted by molar-refractivity contribution is 4.95. The lowest BCUT2D eigenvalue weighted by atomic mass is 9.95. The number of hydrogen-bond donors (Lipinski definition) is 1. The van der Waals surface area contributed by atoms with Crippen LogP contribution >= 0.6 is 0 Å². The molecule has 0 amide bonds. The Morgan fingerprint density at radius 2 is 2.21 bits per heavy atom. The van der Waals surface area contributed by atoms with Crippen molar-refractivity contribution in [3.05, 3.63) is 0 Å². The summed E-state index contributed by atoms with van der Waals surface area (Å²) >= 11 is 0. The zero-order chi connectivity index (χ0) is 10.8. The first-order valence-electron chi connectivity index (χ1n) is 5.29. The lowest BCUT2D eigenvalue weighted by Gasteiger charge is -2.19. The fourth-order valence-electron chi connectivity index (χ4n) is 1.78. The average Bonchev–Trinajstić information content (AvgIpc) is 2.44. The van der Waals surface area contributed by atoms with Crippen molar-refractivity contribution in [2.45, 2.75) is 39.3 Å².